The molecule has 0 N–H and O–H groups in total. The van der Waals surface area contributed by atoms with Gasteiger partial charge in [0.25, 0.3) is 0 Å². The Bertz CT molecular complexity index is 512. The van der Waals surface area contributed by atoms with Crippen LogP contribution in [0.4, 0.5) is 0 Å². The highest BCUT2D eigenvalue weighted by atomic mass is 16.6. The third-order valence-electron chi connectivity index (χ3n) is 3.80. The molecule has 0 saturated carbocycles. The van der Waals surface area contributed by atoms with E-state index in [1.54, 1.807) is 6.20 Å². The van der Waals surface area contributed by atoms with Gasteiger partial charge in [-0.15, -0.1) is 0 Å². The van der Waals surface area contributed by atoms with Gasteiger partial charge in [-0.3, -0.25) is 19.6 Å². The molecule has 1 aromatic rings. The van der Waals surface area contributed by atoms with E-state index >= 15 is 0 Å². The van der Waals surface area contributed by atoms with Crippen LogP contribution < -0.4 is 0 Å². The van der Waals surface area contributed by atoms with Crippen LogP contribution in [0.1, 0.15) is 36.9 Å². The van der Waals surface area contributed by atoms with Crippen LogP contribution in [-0.2, 0) is 22.5 Å². The van der Waals surface area contributed by atoms with Crippen molar-refractivity contribution in [3.05, 3.63) is 27.6 Å². The van der Waals surface area contributed by atoms with E-state index < -0.39 is 16.8 Å². The third kappa shape index (κ3) is 2.97. The highest BCUT2D eigenvalue weighted by Gasteiger charge is 2.30. The second-order valence-corrected chi connectivity index (χ2v) is 5.29. The molecular weight excluding hydrogens is 262 g/mol. The number of fused-ring (bicyclic) bond motifs is 1. The van der Waals surface area contributed by atoms with E-state index in [2.05, 4.69) is 12.0 Å². The predicted octanol–water partition coefficient (Wildman–Crippen LogP) is 1.39. The van der Waals surface area contributed by atoms with Crippen LogP contribution in [0.5, 0.6) is 0 Å². The van der Waals surface area contributed by atoms with Gasteiger partial charge >= 0.3 is 5.97 Å². The molecule has 7 heteroatoms. The zero-order chi connectivity index (χ0) is 14.7. The molecule has 1 aliphatic heterocycles. The van der Waals surface area contributed by atoms with Gasteiger partial charge in [0.15, 0.2) is 0 Å². The van der Waals surface area contributed by atoms with Crippen LogP contribution in [0.2, 0.25) is 0 Å². The van der Waals surface area contributed by atoms with Crippen molar-refractivity contribution >= 4 is 5.97 Å². The Hall–Kier alpha value is -1.92. The van der Waals surface area contributed by atoms with Crippen molar-refractivity contribution in [1.29, 1.82) is 0 Å². The van der Waals surface area contributed by atoms with Gasteiger partial charge in [0.05, 0.1) is 19.2 Å². The molecule has 0 bridgehead atoms. The first kappa shape index (κ1) is 14.5. The molecule has 0 aromatic carbocycles. The van der Waals surface area contributed by atoms with E-state index in [0.717, 1.165) is 30.6 Å². The summed E-state index contributed by atoms with van der Waals surface area (Å²) in [6.45, 7) is 2.74. The van der Waals surface area contributed by atoms with Crippen molar-refractivity contribution in [1.82, 2.24) is 9.78 Å². The maximum absolute atomic E-state index is 11.9. The lowest BCUT2D eigenvalue weighted by Gasteiger charge is -2.22. The van der Waals surface area contributed by atoms with Crippen molar-refractivity contribution in [2.24, 2.45) is 5.92 Å². The summed E-state index contributed by atoms with van der Waals surface area (Å²) in [4.78, 5) is 22.0. The maximum Gasteiger partial charge on any atom is 0.313 e. The Labute approximate surface area is 117 Å². The molecule has 0 saturated heterocycles. The summed E-state index contributed by atoms with van der Waals surface area (Å²) in [5.74, 6) is -0.463. The van der Waals surface area contributed by atoms with Crippen molar-refractivity contribution in [3.63, 3.8) is 0 Å². The van der Waals surface area contributed by atoms with Gasteiger partial charge < -0.3 is 4.74 Å². The fourth-order valence-corrected chi connectivity index (χ4v) is 2.69. The van der Waals surface area contributed by atoms with Crippen molar-refractivity contribution in [3.8, 4) is 0 Å². The Morgan fingerprint density at radius 3 is 3.10 bits per heavy atom. The second kappa shape index (κ2) is 6.02. The Morgan fingerprint density at radius 1 is 1.70 bits per heavy atom. The standard InChI is InChI=1S/C13H19N3O4/c1-9-3-4-12-11(7-14-15(12)8-9)10(13(17)20-2)5-6-16(18)19/h7,9-10H,3-6,8H2,1-2H3/t9-,10?/m0/s1. The van der Waals surface area contributed by atoms with Gasteiger partial charge in [0.1, 0.15) is 0 Å². The average Bonchev–Trinajstić information content (AvgIpc) is 2.81. The molecule has 0 spiro atoms. The predicted molar refractivity (Wildman–Crippen MR) is 70.9 cm³/mol. The molecule has 0 radical (unpaired) electrons. The number of methoxy groups -OCH3 is 1. The monoisotopic (exact) mass is 281 g/mol. The number of carbonyl (C=O) groups is 1. The number of hydrogen-bond acceptors (Lipinski definition) is 5. The Balaban J connectivity index is 2.25. The molecule has 0 amide bonds. The fourth-order valence-electron chi connectivity index (χ4n) is 2.69. The van der Waals surface area contributed by atoms with Crippen LogP contribution >= 0.6 is 0 Å². The molecule has 20 heavy (non-hydrogen) atoms. The number of esters is 1. The van der Waals surface area contributed by atoms with Crippen molar-refractivity contribution in [2.45, 2.75) is 38.6 Å². The van der Waals surface area contributed by atoms with Gasteiger partial charge in [-0.2, -0.15) is 5.10 Å². The number of ether oxygens (including phenoxy) is 1. The summed E-state index contributed by atoms with van der Waals surface area (Å²) >= 11 is 0. The number of aromatic nitrogens is 2. The van der Waals surface area contributed by atoms with Gasteiger partial charge in [-0.1, -0.05) is 6.92 Å². The largest absolute Gasteiger partial charge is 0.469 e. The molecule has 1 unspecified atom stereocenters. The van der Waals surface area contributed by atoms with Crippen LogP contribution in [0.15, 0.2) is 6.20 Å². The van der Waals surface area contributed by atoms with Crippen LogP contribution in [0.25, 0.3) is 0 Å². The Kier molecular flexibility index (Phi) is 4.36. The molecule has 1 aromatic heterocycles. The maximum atomic E-state index is 11.9. The van der Waals surface area contributed by atoms with Crippen LogP contribution in [0, 0.1) is 16.0 Å². The Morgan fingerprint density at radius 2 is 2.45 bits per heavy atom. The van der Waals surface area contributed by atoms with E-state index in [9.17, 15) is 14.9 Å². The SMILES string of the molecule is COC(=O)C(CC[N+](=O)[O-])c1cnn2c1CC[C@H](C)C2. The lowest BCUT2D eigenvalue weighted by molar-refractivity contribution is -0.480. The number of rotatable bonds is 5. The first-order valence-corrected chi connectivity index (χ1v) is 6.77. The van der Waals surface area contributed by atoms with E-state index in [1.165, 1.54) is 7.11 Å². The second-order valence-electron chi connectivity index (χ2n) is 5.29. The van der Waals surface area contributed by atoms with E-state index in [-0.39, 0.29) is 13.0 Å². The zero-order valence-electron chi connectivity index (χ0n) is 11.7. The fraction of sp³-hybridized carbons (Fsp3) is 0.692. The van der Waals surface area contributed by atoms with Crippen molar-refractivity contribution in [2.75, 3.05) is 13.7 Å². The smallest absolute Gasteiger partial charge is 0.313 e. The van der Waals surface area contributed by atoms with Gasteiger partial charge in [-0.25, -0.2) is 0 Å². The van der Waals surface area contributed by atoms with Gasteiger partial charge in [0, 0.05) is 29.1 Å². The average molecular weight is 281 g/mol. The lowest BCUT2D eigenvalue weighted by atomic mass is 9.91. The summed E-state index contributed by atoms with van der Waals surface area (Å²) < 4.78 is 6.69. The molecule has 2 heterocycles. The highest BCUT2D eigenvalue weighted by molar-refractivity contribution is 5.78. The minimum atomic E-state index is -0.595. The summed E-state index contributed by atoms with van der Waals surface area (Å²) in [6.07, 6.45) is 3.70. The van der Waals surface area contributed by atoms with E-state index in [4.69, 9.17) is 4.74 Å². The molecule has 0 aliphatic carbocycles. The highest BCUT2D eigenvalue weighted by Crippen LogP contribution is 2.29. The number of carbonyl (C=O) groups excluding carboxylic acids is 1. The summed E-state index contributed by atoms with van der Waals surface area (Å²) in [7, 11) is 1.31. The summed E-state index contributed by atoms with van der Waals surface area (Å²) in [5.41, 5.74) is 1.80. The van der Waals surface area contributed by atoms with Crippen LogP contribution in [-0.4, -0.2) is 34.3 Å². The molecule has 1 aliphatic rings. The molecule has 2 rings (SSSR count). The molecule has 110 valence electrons. The molecular formula is C13H19N3O4. The summed E-state index contributed by atoms with van der Waals surface area (Å²) in [5, 5.41) is 14.9. The normalized spacial score (nSPS) is 19.2. The number of hydrogen-bond donors (Lipinski definition) is 0. The van der Waals surface area contributed by atoms with Gasteiger partial charge in [0.2, 0.25) is 6.54 Å². The quantitative estimate of drug-likeness (QED) is 0.462. The van der Waals surface area contributed by atoms with Gasteiger partial charge in [-0.05, 0) is 18.8 Å². The van der Waals surface area contributed by atoms with E-state index in [0.29, 0.717) is 5.92 Å². The topological polar surface area (TPSA) is 87.3 Å². The minimum absolute atomic E-state index is 0.147. The molecule has 2 atom stereocenters. The minimum Gasteiger partial charge on any atom is -0.469 e. The lowest BCUT2D eigenvalue weighted by Crippen LogP contribution is -2.23. The molecule has 0 fully saturated rings. The third-order valence-corrected chi connectivity index (χ3v) is 3.80. The number of nitrogens with zero attached hydrogens (tertiary/aromatic N) is 3. The first-order valence-electron chi connectivity index (χ1n) is 6.77. The first-order chi connectivity index (χ1) is 9.52. The number of nitro groups is 1. The summed E-state index contributed by atoms with van der Waals surface area (Å²) in [6, 6.07) is 0. The zero-order valence-corrected chi connectivity index (χ0v) is 11.7. The molecule has 7 nitrogen and oxygen atoms in total. The van der Waals surface area contributed by atoms with Crippen LogP contribution in [0.3, 0.4) is 0 Å². The van der Waals surface area contributed by atoms with Crippen molar-refractivity contribution < 1.29 is 14.5 Å². The van der Waals surface area contributed by atoms with E-state index in [1.807, 2.05) is 4.68 Å².